The van der Waals surface area contributed by atoms with Crippen molar-refractivity contribution in [2.24, 2.45) is 5.41 Å². The highest BCUT2D eigenvalue weighted by Crippen LogP contribution is 2.49. The number of rotatable bonds is 4. The number of likely N-dealkylation sites (tertiary alicyclic amines) is 1. The van der Waals surface area contributed by atoms with Gasteiger partial charge >= 0.3 is 0 Å². The van der Waals surface area contributed by atoms with E-state index in [1.807, 2.05) is 11.8 Å². The Morgan fingerprint density at radius 2 is 1.81 bits per heavy atom. The Morgan fingerprint density at radius 1 is 1.11 bits per heavy atom. The minimum absolute atomic E-state index is 0.0439. The van der Waals surface area contributed by atoms with E-state index in [9.17, 15) is 13.2 Å². The second-order valence-corrected chi connectivity index (χ2v) is 9.30. The molecule has 1 saturated heterocycles. The Kier molecular flexibility index (Phi) is 4.60. The molecular formula is C20H24N2O4S. The molecule has 1 aromatic carbocycles. The number of benzene rings is 1. The predicted molar refractivity (Wildman–Crippen MR) is 101 cm³/mol. The number of aryl methyl sites for hydroxylation is 1. The van der Waals surface area contributed by atoms with Gasteiger partial charge in [-0.25, -0.2) is 13.1 Å². The number of carbonyl (C=O) groups excluding carboxylic acids is 1. The third-order valence-corrected chi connectivity index (χ3v) is 7.51. The van der Waals surface area contributed by atoms with Crippen molar-refractivity contribution >= 4 is 15.9 Å². The molecule has 1 atom stereocenters. The van der Waals surface area contributed by atoms with Crippen LogP contribution in [0.4, 0.5) is 0 Å². The molecule has 0 radical (unpaired) electrons. The zero-order valence-electron chi connectivity index (χ0n) is 15.3. The molecule has 1 aromatic heterocycles. The van der Waals surface area contributed by atoms with Crippen molar-refractivity contribution in [1.29, 1.82) is 0 Å². The van der Waals surface area contributed by atoms with Crippen LogP contribution in [-0.2, 0) is 10.0 Å². The first-order chi connectivity index (χ1) is 12.9. The number of nitrogens with one attached hydrogen (secondary N) is 1. The number of piperidine rings is 1. The summed E-state index contributed by atoms with van der Waals surface area (Å²) < 4.78 is 33.6. The van der Waals surface area contributed by atoms with E-state index in [-0.39, 0.29) is 17.4 Å². The van der Waals surface area contributed by atoms with Crippen molar-refractivity contribution in [1.82, 2.24) is 9.62 Å². The number of nitrogens with zero attached hydrogens (tertiary/aromatic N) is 1. The number of hydrogen-bond donors (Lipinski definition) is 1. The maximum atomic E-state index is 12.6. The summed E-state index contributed by atoms with van der Waals surface area (Å²) >= 11 is 0. The highest BCUT2D eigenvalue weighted by atomic mass is 32.2. The lowest BCUT2D eigenvalue weighted by atomic mass is 9.59. The van der Waals surface area contributed by atoms with Gasteiger partial charge in [0.15, 0.2) is 5.76 Å². The molecule has 2 aromatic rings. The number of hydrogen-bond acceptors (Lipinski definition) is 4. The normalized spacial score (nSPS) is 21.8. The fourth-order valence-corrected chi connectivity index (χ4v) is 5.59. The molecule has 2 aliphatic rings. The van der Waals surface area contributed by atoms with Gasteiger partial charge in [0.05, 0.1) is 4.90 Å². The molecule has 27 heavy (non-hydrogen) atoms. The number of furan rings is 1. The van der Waals surface area contributed by atoms with Gasteiger partial charge in [-0.3, -0.25) is 4.79 Å². The number of carbonyl (C=O) groups is 1. The van der Waals surface area contributed by atoms with Crippen molar-refractivity contribution in [2.45, 2.75) is 43.5 Å². The Hall–Kier alpha value is -2.12. The molecule has 1 spiro atoms. The minimum Gasteiger partial charge on any atom is -0.456 e. The van der Waals surface area contributed by atoms with E-state index >= 15 is 0 Å². The lowest BCUT2D eigenvalue weighted by Crippen LogP contribution is -2.59. The average Bonchev–Trinajstić information content (AvgIpc) is 3.12. The van der Waals surface area contributed by atoms with Crippen molar-refractivity contribution in [3.8, 4) is 0 Å². The van der Waals surface area contributed by atoms with Crippen molar-refractivity contribution in [3.63, 3.8) is 0 Å². The van der Waals surface area contributed by atoms with Gasteiger partial charge in [0, 0.05) is 19.1 Å². The van der Waals surface area contributed by atoms with E-state index in [4.69, 9.17) is 4.42 Å². The zero-order chi connectivity index (χ0) is 19.1. The summed E-state index contributed by atoms with van der Waals surface area (Å²) in [5, 5.41) is 0. The SMILES string of the molecule is Cc1ccc(C(=O)N2CCC3(CC[C@H]3NS(=O)(=O)c3ccccc3)CC2)o1. The Balaban J connectivity index is 1.40. The van der Waals surface area contributed by atoms with Crippen LogP contribution in [0.5, 0.6) is 0 Å². The molecule has 7 heteroatoms. The molecule has 6 nitrogen and oxygen atoms in total. The molecule has 4 rings (SSSR count). The summed E-state index contributed by atoms with van der Waals surface area (Å²) in [6, 6.07) is 11.9. The van der Waals surface area contributed by atoms with E-state index in [1.54, 1.807) is 42.5 Å². The molecule has 144 valence electrons. The fourth-order valence-electron chi connectivity index (χ4n) is 4.19. The second-order valence-electron chi connectivity index (χ2n) is 7.59. The van der Waals surface area contributed by atoms with Gasteiger partial charge in [-0.1, -0.05) is 18.2 Å². The molecule has 0 unspecified atom stereocenters. The van der Waals surface area contributed by atoms with Gasteiger partial charge in [0.25, 0.3) is 5.91 Å². The van der Waals surface area contributed by atoms with E-state index in [1.165, 1.54) is 0 Å². The summed E-state index contributed by atoms with van der Waals surface area (Å²) in [7, 11) is -3.51. The predicted octanol–water partition coefficient (Wildman–Crippen LogP) is 2.95. The monoisotopic (exact) mass is 388 g/mol. The van der Waals surface area contributed by atoms with Crippen LogP contribution in [0.25, 0.3) is 0 Å². The molecule has 1 aliphatic heterocycles. The van der Waals surface area contributed by atoms with E-state index < -0.39 is 10.0 Å². The van der Waals surface area contributed by atoms with E-state index in [0.717, 1.165) is 31.4 Å². The Morgan fingerprint density at radius 3 is 2.37 bits per heavy atom. The Labute approximate surface area is 159 Å². The van der Waals surface area contributed by atoms with Gasteiger partial charge < -0.3 is 9.32 Å². The van der Waals surface area contributed by atoms with Crippen LogP contribution in [0.15, 0.2) is 51.8 Å². The molecule has 2 fully saturated rings. The third kappa shape index (κ3) is 3.41. The molecule has 1 aliphatic carbocycles. The van der Waals surface area contributed by atoms with Gasteiger partial charge in [0.1, 0.15) is 5.76 Å². The first-order valence-electron chi connectivity index (χ1n) is 9.33. The first kappa shape index (κ1) is 18.3. The van der Waals surface area contributed by atoms with Crippen LogP contribution in [0.2, 0.25) is 0 Å². The van der Waals surface area contributed by atoms with Crippen molar-refractivity contribution in [2.75, 3.05) is 13.1 Å². The lowest BCUT2D eigenvalue weighted by Gasteiger charge is -2.53. The topological polar surface area (TPSA) is 79.6 Å². The summed E-state index contributed by atoms with van der Waals surface area (Å²) in [6.07, 6.45) is 3.45. The molecule has 1 amide bonds. The second kappa shape index (κ2) is 6.80. The lowest BCUT2D eigenvalue weighted by molar-refractivity contribution is 0.00400. The zero-order valence-corrected chi connectivity index (χ0v) is 16.2. The third-order valence-electron chi connectivity index (χ3n) is 6.02. The fraction of sp³-hybridized carbons (Fsp3) is 0.450. The van der Waals surface area contributed by atoms with Crippen molar-refractivity contribution in [3.05, 3.63) is 54.0 Å². The van der Waals surface area contributed by atoms with Crippen LogP contribution < -0.4 is 4.72 Å². The highest BCUT2D eigenvalue weighted by Gasteiger charge is 2.50. The average molecular weight is 388 g/mol. The standard InChI is InChI=1S/C20H24N2O4S/c1-15-7-8-17(26-15)19(23)22-13-11-20(12-14-22)10-9-18(20)21-27(24,25)16-5-3-2-4-6-16/h2-8,18,21H,9-14H2,1H3/t18-/m1/s1. The summed E-state index contributed by atoms with van der Waals surface area (Å²) in [6.45, 7) is 3.07. The summed E-state index contributed by atoms with van der Waals surface area (Å²) in [4.78, 5) is 14.7. The molecule has 1 saturated carbocycles. The summed E-state index contributed by atoms with van der Waals surface area (Å²) in [5.41, 5.74) is -0.0439. The molecule has 1 N–H and O–H groups in total. The van der Waals surface area contributed by atoms with E-state index in [0.29, 0.717) is 23.7 Å². The first-order valence-corrected chi connectivity index (χ1v) is 10.8. The van der Waals surface area contributed by atoms with Gasteiger partial charge in [-0.2, -0.15) is 0 Å². The largest absolute Gasteiger partial charge is 0.456 e. The highest BCUT2D eigenvalue weighted by molar-refractivity contribution is 7.89. The quantitative estimate of drug-likeness (QED) is 0.873. The van der Waals surface area contributed by atoms with Gasteiger partial charge in [0.2, 0.25) is 10.0 Å². The van der Waals surface area contributed by atoms with Crippen molar-refractivity contribution < 1.29 is 17.6 Å². The van der Waals surface area contributed by atoms with Crippen LogP contribution in [0.3, 0.4) is 0 Å². The van der Waals surface area contributed by atoms with E-state index in [2.05, 4.69) is 4.72 Å². The Bertz CT molecular complexity index is 928. The summed E-state index contributed by atoms with van der Waals surface area (Å²) in [5.74, 6) is 1.01. The maximum Gasteiger partial charge on any atom is 0.289 e. The van der Waals surface area contributed by atoms with Crippen LogP contribution in [0.1, 0.15) is 42.0 Å². The molecule has 0 bridgehead atoms. The van der Waals surface area contributed by atoms with Crippen LogP contribution >= 0.6 is 0 Å². The molecular weight excluding hydrogens is 364 g/mol. The minimum atomic E-state index is -3.51. The van der Waals surface area contributed by atoms with Crippen LogP contribution in [0, 0.1) is 12.3 Å². The van der Waals surface area contributed by atoms with Gasteiger partial charge in [-0.15, -0.1) is 0 Å². The van der Waals surface area contributed by atoms with Crippen LogP contribution in [-0.4, -0.2) is 38.4 Å². The van der Waals surface area contributed by atoms with Gasteiger partial charge in [-0.05, 0) is 62.3 Å². The number of amides is 1. The smallest absolute Gasteiger partial charge is 0.289 e. The molecule has 2 heterocycles. The maximum absolute atomic E-state index is 12.6. The number of sulfonamides is 1.